The first kappa shape index (κ1) is 38.1. The third-order valence-corrected chi connectivity index (χ3v) is 9.21. The van der Waals surface area contributed by atoms with Crippen LogP contribution in [0.15, 0.2) is 90.5 Å². The van der Waals surface area contributed by atoms with E-state index in [2.05, 4.69) is 0 Å². The minimum absolute atomic E-state index is 0.0125. The van der Waals surface area contributed by atoms with Crippen LogP contribution in [0.2, 0.25) is 0 Å². The zero-order valence-electron chi connectivity index (χ0n) is 28.7. The average Bonchev–Trinajstić information content (AvgIpc) is 3.02. The van der Waals surface area contributed by atoms with Gasteiger partial charge < -0.3 is 22.6 Å². The number of benzene rings is 4. The van der Waals surface area contributed by atoms with E-state index in [4.69, 9.17) is 22.6 Å². The fourth-order valence-corrected chi connectivity index (χ4v) is 6.72. The predicted molar refractivity (Wildman–Crippen MR) is 194 cm³/mol. The van der Waals surface area contributed by atoms with Crippen LogP contribution in [-0.4, -0.2) is 64.8 Å². The number of hydrogen-bond donors (Lipinski definition) is 0. The quantitative estimate of drug-likeness (QED) is 0.104. The summed E-state index contributed by atoms with van der Waals surface area (Å²) in [5.41, 5.74) is 3.46. The number of sulfonamides is 1. The SMILES string of the molecule is COc1cc(-c2ccc(N(CC=C(C)C)S(C)(=O)=O)cc2)c(OC)c(OS(C)(=O)=O)c1-c1ccc(OCc2ccccc2)c(OS(C)(=O)=O)c1. The number of rotatable bonds is 15. The normalized spacial score (nSPS) is 11.7. The molecule has 0 heterocycles. The summed E-state index contributed by atoms with van der Waals surface area (Å²) in [5, 5.41) is 0. The molecule has 12 nitrogen and oxygen atoms in total. The van der Waals surface area contributed by atoms with Crippen LogP contribution in [0.5, 0.6) is 28.7 Å². The van der Waals surface area contributed by atoms with Gasteiger partial charge in [0.1, 0.15) is 12.4 Å². The summed E-state index contributed by atoms with van der Waals surface area (Å²) >= 11 is 0. The van der Waals surface area contributed by atoms with E-state index in [0.717, 1.165) is 29.9 Å². The van der Waals surface area contributed by atoms with E-state index in [-0.39, 0.29) is 53.0 Å². The number of methoxy groups -OCH3 is 2. The Morgan fingerprint density at radius 1 is 0.680 bits per heavy atom. The van der Waals surface area contributed by atoms with Crippen LogP contribution in [0.1, 0.15) is 19.4 Å². The third-order valence-electron chi connectivity index (χ3n) is 7.10. The number of nitrogens with zero attached hydrogens (tertiary/aromatic N) is 1. The maximum atomic E-state index is 12.6. The number of allylic oxidation sites excluding steroid dienone is 1. The van der Waals surface area contributed by atoms with Gasteiger partial charge in [-0.15, -0.1) is 0 Å². The predicted octanol–water partition coefficient (Wildman–Crippen LogP) is 6.03. The Morgan fingerprint density at radius 2 is 1.30 bits per heavy atom. The van der Waals surface area contributed by atoms with Gasteiger partial charge >= 0.3 is 20.2 Å². The van der Waals surface area contributed by atoms with E-state index >= 15 is 0 Å². The smallest absolute Gasteiger partial charge is 0.306 e. The summed E-state index contributed by atoms with van der Waals surface area (Å²) in [6.07, 6.45) is 4.68. The molecule has 0 aromatic heterocycles. The van der Waals surface area contributed by atoms with Gasteiger partial charge in [0.05, 0.1) is 50.8 Å². The van der Waals surface area contributed by atoms with Crippen molar-refractivity contribution in [3.63, 3.8) is 0 Å². The number of ether oxygens (including phenoxy) is 3. The van der Waals surface area contributed by atoms with Gasteiger partial charge in [-0.25, -0.2) is 8.42 Å². The lowest BCUT2D eigenvalue weighted by atomic mass is 9.96. The van der Waals surface area contributed by atoms with Crippen molar-refractivity contribution in [2.75, 3.05) is 43.8 Å². The van der Waals surface area contributed by atoms with E-state index in [1.165, 1.54) is 30.7 Å². The highest BCUT2D eigenvalue weighted by Gasteiger charge is 2.28. The Hall–Kier alpha value is -4.73. The molecular formula is C35H39NO11S3. The molecule has 50 heavy (non-hydrogen) atoms. The molecule has 268 valence electrons. The van der Waals surface area contributed by atoms with Gasteiger partial charge in [0.2, 0.25) is 10.0 Å². The van der Waals surface area contributed by atoms with E-state index in [1.54, 1.807) is 42.5 Å². The molecule has 0 saturated carbocycles. The molecule has 0 spiro atoms. The molecule has 0 N–H and O–H groups in total. The van der Waals surface area contributed by atoms with Crippen molar-refractivity contribution >= 4 is 35.9 Å². The van der Waals surface area contributed by atoms with Gasteiger partial charge in [0, 0.05) is 5.56 Å². The van der Waals surface area contributed by atoms with Crippen molar-refractivity contribution in [3.05, 3.63) is 96.1 Å². The van der Waals surface area contributed by atoms with E-state index in [0.29, 0.717) is 16.8 Å². The van der Waals surface area contributed by atoms with Crippen LogP contribution in [-0.2, 0) is 36.9 Å². The highest BCUT2D eigenvalue weighted by molar-refractivity contribution is 7.92. The van der Waals surface area contributed by atoms with Crippen LogP contribution in [0.3, 0.4) is 0 Å². The second-order valence-corrected chi connectivity index (χ2v) is 16.6. The summed E-state index contributed by atoms with van der Waals surface area (Å²) in [7, 11) is -9.09. The largest absolute Gasteiger partial charge is 0.496 e. The Balaban J connectivity index is 1.90. The molecule has 0 unspecified atom stereocenters. The second-order valence-electron chi connectivity index (χ2n) is 11.5. The Bertz CT molecular complexity index is 2200. The highest BCUT2D eigenvalue weighted by atomic mass is 32.2. The van der Waals surface area contributed by atoms with Crippen LogP contribution < -0.4 is 26.9 Å². The fraction of sp³-hybridized carbons (Fsp3) is 0.257. The second kappa shape index (κ2) is 15.4. The molecule has 0 radical (unpaired) electrons. The number of hydrogen-bond acceptors (Lipinski definition) is 11. The summed E-state index contributed by atoms with van der Waals surface area (Å²) in [6, 6.07) is 21.8. The van der Waals surface area contributed by atoms with Crippen molar-refractivity contribution in [2.24, 2.45) is 0 Å². The monoisotopic (exact) mass is 745 g/mol. The molecule has 4 rings (SSSR count). The lowest BCUT2D eigenvalue weighted by Crippen LogP contribution is -2.30. The highest BCUT2D eigenvalue weighted by Crippen LogP contribution is 2.52. The lowest BCUT2D eigenvalue weighted by Gasteiger charge is -2.23. The molecule has 4 aromatic rings. The van der Waals surface area contributed by atoms with Gasteiger partial charge in [-0.2, -0.15) is 16.8 Å². The summed E-state index contributed by atoms with van der Waals surface area (Å²) in [4.78, 5) is 0. The van der Waals surface area contributed by atoms with Crippen LogP contribution >= 0.6 is 0 Å². The first-order valence-corrected chi connectivity index (χ1v) is 20.5. The Kier molecular flexibility index (Phi) is 11.8. The minimum Gasteiger partial charge on any atom is -0.496 e. The van der Waals surface area contributed by atoms with Gasteiger partial charge in [-0.1, -0.05) is 60.2 Å². The molecule has 0 fully saturated rings. The van der Waals surface area contributed by atoms with Gasteiger partial charge in [0.15, 0.2) is 23.0 Å². The van der Waals surface area contributed by atoms with Crippen molar-refractivity contribution in [3.8, 4) is 51.0 Å². The van der Waals surface area contributed by atoms with E-state index in [1.807, 2.05) is 44.2 Å². The average molecular weight is 746 g/mol. The van der Waals surface area contributed by atoms with Gasteiger partial charge in [-0.05, 0) is 60.9 Å². The zero-order chi connectivity index (χ0) is 36.9. The van der Waals surface area contributed by atoms with Gasteiger partial charge in [0.25, 0.3) is 0 Å². The molecule has 0 atom stereocenters. The van der Waals surface area contributed by atoms with Crippen molar-refractivity contribution in [1.82, 2.24) is 0 Å². The van der Waals surface area contributed by atoms with E-state index < -0.39 is 30.3 Å². The standard InChI is InChI=1S/C35H39NO11S3/c1-24(2)19-20-36(48(5,37)38)28-16-13-26(14-17-28)29-22-32(43-3)33(35(34(29)44-4)47-50(7,41)42)27-15-18-30(31(21-27)46-49(6,39)40)45-23-25-11-9-8-10-12-25/h8-19,21-22H,20,23H2,1-7H3. The fourth-order valence-electron chi connectivity index (χ4n) is 4.95. The summed E-state index contributed by atoms with van der Waals surface area (Å²) in [6.45, 7) is 4.00. The molecule has 0 saturated heterocycles. The minimum atomic E-state index is -4.16. The van der Waals surface area contributed by atoms with Crippen molar-refractivity contribution in [1.29, 1.82) is 0 Å². The molecule has 0 bridgehead atoms. The van der Waals surface area contributed by atoms with E-state index in [9.17, 15) is 25.3 Å². The van der Waals surface area contributed by atoms with Crippen LogP contribution in [0.25, 0.3) is 22.3 Å². The van der Waals surface area contributed by atoms with Crippen LogP contribution in [0, 0.1) is 0 Å². The maximum absolute atomic E-state index is 12.6. The topological polar surface area (TPSA) is 152 Å². The summed E-state index contributed by atoms with van der Waals surface area (Å²) in [5.74, 6) is -0.121. The molecule has 4 aromatic carbocycles. The summed E-state index contributed by atoms with van der Waals surface area (Å²) < 4.78 is 105. The first-order chi connectivity index (χ1) is 23.4. The molecule has 0 aliphatic rings. The molecule has 0 amide bonds. The molecule has 15 heteroatoms. The number of anilines is 1. The third kappa shape index (κ3) is 9.92. The lowest BCUT2D eigenvalue weighted by molar-refractivity contribution is 0.296. The van der Waals surface area contributed by atoms with Crippen molar-refractivity contribution in [2.45, 2.75) is 20.5 Å². The van der Waals surface area contributed by atoms with Gasteiger partial charge in [-0.3, -0.25) is 4.31 Å². The zero-order valence-corrected chi connectivity index (χ0v) is 31.1. The molecule has 0 aliphatic carbocycles. The maximum Gasteiger partial charge on any atom is 0.306 e. The first-order valence-electron chi connectivity index (χ1n) is 15.0. The Labute approximate surface area is 294 Å². The Morgan fingerprint density at radius 3 is 1.84 bits per heavy atom. The van der Waals surface area contributed by atoms with Crippen molar-refractivity contribution < 1.29 is 47.8 Å². The van der Waals surface area contributed by atoms with Crippen LogP contribution in [0.4, 0.5) is 5.69 Å². The molecular weight excluding hydrogens is 707 g/mol. The molecule has 0 aliphatic heterocycles.